The number of aryl methyl sites for hydroxylation is 1. The second kappa shape index (κ2) is 4.55. The Morgan fingerprint density at radius 3 is 2.74 bits per heavy atom. The van der Waals surface area contributed by atoms with E-state index in [4.69, 9.17) is 5.73 Å². The van der Waals surface area contributed by atoms with Crippen LogP contribution in [-0.2, 0) is 7.05 Å². The zero-order chi connectivity index (χ0) is 13.4. The molecule has 0 unspecified atom stereocenters. The van der Waals surface area contributed by atoms with Gasteiger partial charge in [0.15, 0.2) is 5.16 Å². The van der Waals surface area contributed by atoms with E-state index < -0.39 is 0 Å². The van der Waals surface area contributed by atoms with Crippen LogP contribution < -0.4 is 5.73 Å². The highest BCUT2D eigenvalue weighted by Crippen LogP contribution is 2.34. The molecule has 0 aliphatic rings. The van der Waals surface area contributed by atoms with Gasteiger partial charge in [-0.15, -0.1) is 10.2 Å². The molecular formula is C13H13N5S. The van der Waals surface area contributed by atoms with Crippen LogP contribution >= 0.6 is 11.8 Å². The molecule has 0 fully saturated rings. The first kappa shape index (κ1) is 12.0. The Bertz CT molecular complexity index is 750. The maximum Gasteiger partial charge on any atom is 0.195 e. The van der Waals surface area contributed by atoms with Crippen LogP contribution in [0.4, 0.5) is 5.69 Å². The van der Waals surface area contributed by atoms with Gasteiger partial charge in [0.1, 0.15) is 5.82 Å². The van der Waals surface area contributed by atoms with Gasteiger partial charge in [-0.2, -0.15) is 0 Å². The van der Waals surface area contributed by atoms with Crippen molar-refractivity contribution in [2.24, 2.45) is 7.05 Å². The Balaban J connectivity index is 2.11. The lowest BCUT2D eigenvalue weighted by Gasteiger charge is -2.07. The number of aromatic nitrogens is 4. The van der Waals surface area contributed by atoms with Gasteiger partial charge in [-0.1, -0.05) is 0 Å². The molecule has 0 spiro atoms. The molecule has 0 saturated heterocycles. The minimum atomic E-state index is 0.760. The Kier molecular flexibility index (Phi) is 2.87. The van der Waals surface area contributed by atoms with Crippen LogP contribution in [-0.4, -0.2) is 19.7 Å². The van der Waals surface area contributed by atoms with E-state index in [0.717, 1.165) is 32.3 Å². The summed E-state index contributed by atoms with van der Waals surface area (Å²) >= 11 is 1.57. The standard InChI is InChI=1S/C13H13N5S/c1-8-16-17-13(18(8)2)19-12-4-3-11(14)9-5-6-15-7-10(9)12/h3-7H,14H2,1-2H3. The molecule has 0 bridgehead atoms. The zero-order valence-corrected chi connectivity index (χ0v) is 11.5. The van der Waals surface area contributed by atoms with Crippen molar-refractivity contribution >= 4 is 28.2 Å². The van der Waals surface area contributed by atoms with Crippen LogP contribution in [0, 0.1) is 6.92 Å². The number of hydrogen-bond acceptors (Lipinski definition) is 5. The van der Waals surface area contributed by atoms with Gasteiger partial charge in [0, 0.05) is 40.8 Å². The number of benzene rings is 1. The molecule has 2 aromatic heterocycles. The summed E-state index contributed by atoms with van der Waals surface area (Å²) in [5.41, 5.74) is 6.74. The van der Waals surface area contributed by atoms with Gasteiger partial charge < -0.3 is 10.3 Å². The van der Waals surface area contributed by atoms with Gasteiger partial charge in [0.05, 0.1) is 0 Å². The molecule has 3 rings (SSSR count). The number of rotatable bonds is 2. The molecule has 0 aliphatic carbocycles. The predicted octanol–water partition coefficient (Wildman–Crippen LogP) is 2.41. The average Bonchev–Trinajstić information content (AvgIpc) is 2.74. The van der Waals surface area contributed by atoms with E-state index in [1.54, 1.807) is 18.0 Å². The lowest BCUT2D eigenvalue weighted by molar-refractivity contribution is 0.766. The Labute approximate surface area is 114 Å². The quantitative estimate of drug-likeness (QED) is 0.725. The largest absolute Gasteiger partial charge is 0.398 e. The lowest BCUT2D eigenvalue weighted by atomic mass is 10.1. The molecule has 0 saturated carbocycles. The van der Waals surface area contributed by atoms with Gasteiger partial charge in [-0.3, -0.25) is 4.98 Å². The molecule has 19 heavy (non-hydrogen) atoms. The number of anilines is 1. The first-order chi connectivity index (χ1) is 9.16. The van der Waals surface area contributed by atoms with Crippen molar-refractivity contribution in [2.45, 2.75) is 17.0 Å². The summed E-state index contributed by atoms with van der Waals surface area (Å²) in [6.45, 7) is 1.93. The van der Waals surface area contributed by atoms with E-state index in [1.165, 1.54) is 0 Å². The first-order valence-electron chi connectivity index (χ1n) is 5.83. The molecule has 6 heteroatoms. The van der Waals surface area contributed by atoms with E-state index in [-0.39, 0.29) is 0 Å². The molecule has 5 nitrogen and oxygen atoms in total. The minimum Gasteiger partial charge on any atom is -0.398 e. The number of nitrogen functional groups attached to an aromatic ring is 1. The summed E-state index contributed by atoms with van der Waals surface area (Å²) < 4.78 is 1.96. The van der Waals surface area contributed by atoms with Crippen molar-refractivity contribution in [3.05, 3.63) is 36.4 Å². The summed E-state index contributed by atoms with van der Waals surface area (Å²) in [5.74, 6) is 0.889. The molecule has 2 heterocycles. The smallest absolute Gasteiger partial charge is 0.195 e. The number of hydrogen-bond donors (Lipinski definition) is 1. The maximum atomic E-state index is 5.98. The number of nitrogens with zero attached hydrogens (tertiary/aromatic N) is 4. The van der Waals surface area contributed by atoms with Crippen molar-refractivity contribution in [3.63, 3.8) is 0 Å². The fourth-order valence-corrected chi connectivity index (χ4v) is 2.81. The zero-order valence-electron chi connectivity index (χ0n) is 10.7. The minimum absolute atomic E-state index is 0.760. The van der Waals surface area contributed by atoms with Crippen LogP contribution in [0.25, 0.3) is 10.8 Å². The van der Waals surface area contributed by atoms with Crippen LogP contribution in [0.2, 0.25) is 0 Å². The normalized spacial score (nSPS) is 11.1. The van der Waals surface area contributed by atoms with Crippen LogP contribution in [0.1, 0.15) is 5.82 Å². The SMILES string of the molecule is Cc1nnc(Sc2ccc(N)c3ccncc23)n1C. The Morgan fingerprint density at radius 1 is 1.16 bits per heavy atom. The number of pyridine rings is 1. The van der Waals surface area contributed by atoms with Crippen molar-refractivity contribution in [3.8, 4) is 0 Å². The third kappa shape index (κ3) is 2.04. The van der Waals surface area contributed by atoms with E-state index >= 15 is 0 Å². The second-order valence-electron chi connectivity index (χ2n) is 4.27. The monoisotopic (exact) mass is 271 g/mol. The third-order valence-electron chi connectivity index (χ3n) is 3.07. The summed E-state index contributed by atoms with van der Waals surface area (Å²) in [5, 5.41) is 11.1. The van der Waals surface area contributed by atoms with Gasteiger partial charge in [-0.05, 0) is 36.9 Å². The molecule has 0 atom stereocenters. The van der Waals surface area contributed by atoms with Gasteiger partial charge >= 0.3 is 0 Å². The van der Waals surface area contributed by atoms with Crippen molar-refractivity contribution in [1.82, 2.24) is 19.7 Å². The fourth-order valence-electron chi connectivity index (χ4n) is 1.85. The van der Waals surface area contributed by atoms with Gasteiger partial charge in [-0.25, -0.2) is 0 Å². The fraction of sp³-hybridized carbons (Fsp3) is 0.154. The molecule has 0 amide bonds. The van der Waals surface area contributed by atoms with E-state index in [1.807, 2.05) is 42.9 Å². The second-order valence-corrected chi connectivity index (χ2v) is 5.27. The van der Waals surface area contributed by atoms with Crippen molar-refractivity contribution in [2.75, 3.05) is 5.73 Å². The van der Waals surface area contributed by atoms with E-state index in [9.17, 15) is 0 Å². The van der Waals surface area contributed by atoms with E-state index in [2.05, 4.69) is 15.2 Å². The van der Waals surface area contributed by atoms with Crippen molar-refractivity contribution < 1.29 is 0 Å². The predicted molar refractivity (Wildman–Crippen MR) is 76.0 cm³/mol. The van der Waals surface area contributed by atoms with Crippen LogP contribution in [0.3, 0.4) is 0 Å². The highest BCUT2D eigenvalue weighted by Gasteiger charge is 2.10. The Morgan fingerprint density at radius 2 is 2.00 bits per heavy atom. The van der Waals surface area contributed by atoms with E-state index in [0.29, 0.717) is 0 Å². The van der Waals surface area contributed by atoms with Crippen LogP contribution in [0.5, 0.6) is 0 Å². The molecule has 2 N–H and O–H groups in total. The lowest BCUT2D eigenvalue weighted by Crippen LogP contribution is -1.94. The number of nitrogens with two attached hydrogens (primary N) is 1. The molecule has 96 valence electrons. The summed E-state index contributed by atoms with van der Waals surface area (Å²) in [6.07, 6.45) is 3.58. The van der Waals surface area contributed by atoms with Gasteiger partial charge in [0.2, 0.25) is 0 Å². The highest BCUT2D eigenvalue weighted by atomic mass is 32.2. The Hall–Kier alpha value is -2.08. The topological polar surface area (TPSA) is 69.6 Å². The first-order valence-corrected chi connectivity index (χ1v) is 6.64. The molecule has 1 aromatic carbocycles. The summed E-state index contributed by atoms with van der Waals surface area (Å²) in [7, 11) is 1.95. The van der Waals surface area contributed by atoms with Crippen molar-refractivity contribution in [1.29, 1.82) is 0 Å². The molecule has 3 aromatic rings. The molecule has 0 radical (unpaired) electrons. The molecular weight excluding hydrogens is 258 g/mol. The number of fused-ring (bicyclic) bond motifs is 1. The maximum absolute atomic E-state index is 5.98. The van der Waals surface area contributed by atoms with Crippen LogP contribution in [0.15, 0.2) is 40.6 Å². The highest BCUT2D eigenvalue weighted by molar-refractivity contribution is 7.99. The molecule has 0 aliphatic heterocycles. The average molecular weight is 271 g/mol. The summed E-state index contributed by atoms with van der Waals surface area (Å²) in [6, 6.07) is 5.83. The summed E-state index contributed by atoms with van der Waals surface area (Å²) in [4.78, 5) is 5.25. The van der Waals surface area contributed by atoms with Gasteiger partial charge in [0.25, 0.3) is 0 Å². The third-order valence-corrected chi connectivity index (χ3v) is 4.18.